The Morgan fingerprint density at radius 3 is 2.82 bits per heavy atom. The lowest BCUT2D eigenvalue weighted by Gasteiger charge is -1.99. The van der Waals surface area contributed by atoms with Gasteiger partial charge in [-0.2, -0.15) is 5.10 Å². The fourth-order valence-corrected chi connectivity index (χ4v) is 1.72. The number of nitrogen functional groups attached to an aromatic ring is 1. The van der Waals surface area contributed by atoms with E-state index in [2.05, 4.69) is 5.10 Å². The van der Waals surface area contributed by atoms with Gasteiger partial charge >= 0.3 is 5.97 Å². The third-order valence-electron chi connectivity index (χ3n) is 2.25. The van der Waals surface area contributed by atoms with Crippen LogP contribution >= 0.6 is 11.6 Å². The second-order valence-electron chi connectivity index (χ2n) is 3.49. The van der Waals surface area contributed by atoms with E-state index >= 15 is 0 Å². The molecule has 17 heavy (non-hydrogen) atoms. The minimum absolute atomic E-state index is 0.268. The van der Waals surface area contributed by atoms with Gasteiger partial charge in [-0.1, -0.05) is 29.8 Å². The second kappa shape index (κ2) is 4.47. The van der Waals surface area contributed by atoms with E-state index in [9.17, 15) is 4.79 Å². The zero-order chi connectivity index (χ0) is 12.4. The van der Waals surface area contributed by atoms with Crippen molar-refractivity contribution in [2.75, 3.05) is 5.73 Å². The van der Waals surface area contributed by atoms with Crippen molar-refractivity contribution in [1.82, 2.24) is 9.78 Å². The van der Waals surface area contributed by atoms with Crippen LogP contribution in [0.4, 0.5) is 5.82 Å². The van der Waals surface area contributed by atoms with E-state index in [0.717, 1.165) is 5.56 Å². The van der Waals surface area contributed by atoms with Gasteiger partial charge in [0.15, 0.2) is 0 Å². The maximum Gasteiger partial charge on any atom is 0.325 e. The van der Waals surface area contributed by atoms with Crippen molar-refractivity contribution < 1.29 is 9.90 Å². The van der Waals surface area contributed by atoms with Gasteiger partial charge in [0.05, 0.1) is 10.7 Å². The summed E-state index contributed by atoms with van der Waals surface area (Å²) in [6, 6.07) is 8.78. The predicted octanol–water partition coefficient (Wildman–Crippen LogP) is 1.87. The maximum atomic E-state index is 10.6. The van der Waals surface area contributed by atoms with Crippen LogP contribution < -0.4 is 5.73 Å². The van der Waals surface area contributed by atoms with Gasteiger partial charge in [-0.25, -0.2) is 4.68 Å². The van der Waals surface area contributed by atoms with Crippen LogP contribution in [-0.4, -0.2) is 20.9 Å². The Labute approximate surface area is 102 Å². The molecule has 0 saturated carbocycles. The molecule has 0 saturated heterocycles. The third-order valence-corrected chi connectivity index (χ3v) is 2.58. The van der Waals surface area contributed by atoms with Gasteiger partial charge in [-0.05, 0) is 6.07 Å². The standard InChI is InChI=1S/C11H10ClN3O2/c12-8-4-2-1-3-7(8)9-5-10(13)15(14-9)6-11(16)17/h1-5H,6,13H2,(H,16,17). The van der Waals surface area contributed by atoms with Crippen molar-refractivity contribution >= 4 is 23.4 Å². The van der Waals surface area contributed by atoms with Crippen LogP contribution in [0.2, 0.25) is 5.02 Å². The Hall–Kier alpha value is -2.01. The fraction of sp³-hybridized carbons (Fsp3) is 0.0909. The summed E-state index contributed by atoms with van der Waals surface area (Å²) in [6.45, 7) is -0.268. The number of halogens is 1. The van der Waals surface area contributed by atoms with Crippen LogP contribution in [0.3, 0.4) is 0 Å². The summed E-state index contributed by atoms with van der Waals surface area (Å²) in [6.07, 6.45) is 0. The van der Waals surface area contributed by atoms with Crippen molar-refractivity contribution in [2.45, 2.75) is 6.54 Å². The SMILES string of the molecule is Nc1cc(-c2ccccc2Cl)nn1CC(=O)O. The highest BCUT2D eigenvalue weighted by atomic mass is 35.5. The number of hydrogen-bond acceptors (Lipinski definition) is 3. The zero-order valence-corrected chi connectivity index (χ0v) is 9.55. The van der Waals surface area contributed by atoms with E-state index in [4.69, 9.17) is 22.4 Å². The van der Waals surface area contributed by atoms with E-state index in [1.807, 2.05) is 12.1 Å². The molecule has 0 radical (unpaired) electrons. The normalized spacial score (nSPS) is 10.4. The molecule has 1 heterocycles. The van der Waals surface area contributed by atoms with Gasteiger partial charge in [0.1, 0.15) is 12.4 Å². The molecule has 0 unspecified atom stereocenters. The highest BCUT2D eigenvalue weighted by molar-refractivity contribution is 6.33. The number of anilines is 1. The molecule has 0 atom stereocenters. The Morgan fingerprint density at radius 1 is 1.47 bits per heavy atom. The number of benzene rings is 1. The van der Waals surface area contributed by atoms with E-state index in [1.54, 1.807) is 18.2 Å². The van der Waals surface area contributed by atoms with Crippen molar-refractivity contribution in [2.24, 2.45) is 0 Å². The molecule has 88 valence electrons. The molecule has 0 aliphatic rings. The second-order valence-corrected chi connectivity index (χ2v) is 3.89. The van der Waals surface area contributed by atoms with Crippen molar-refractivity contribution in [3.8, 4) is 11.3 Å². The average molecular weight is 252 g/mol. The Morgan fingerprint density at radius 2 is 2.18 bits per heavy atom. The minimum atomic E-state index is -0.995. The molecule has 0 aliphatic heterocycles. The van der Waals surface area contributed by atoms with Gasteiger partial charge in [-0.15, -0.1) is 0 Å². The molecule has 5 nitrogen and oxygen atoms in total. The summed E-state index contributed by atoms with van der Waals surface area (Å²) < 4.78 is 1.22. The molecule has 0 spiro atoms. The lowest BCUT2D eigenvalue weighted by molar-refractivity contribution is -0.137. The topological polar surface area (TPSA) is 81.1 Å². The number of rotatable bonds is 3. The van der Waals surface area contributed by atoms with E-state index in [1.165, 1.54) is 4.68 Å². The van der Waals surface area contributed by atoms with Gasteiger partial charge in [0.25, 0.3) is 0 Å². The van der Waals surface area contributed by atoms with Gasteiger partial charge in [0, 0.05) is 11.6 Å². The smallest absolute Gasteiger partial charge is 0.325 e. The third kappa shape index (κ3) is 2.39. The quantitative estimate of drug-likeness (QED) is 0.873. The molecule has 3 N–H and O–H groups in total. The summed E-state index contributed by atoms with van der Waals surface area (Å²) in [4.78, 5) is 10.6. The van der Waals surface area contributed by atoms with Crippen LogP contribution in [0.1, 0.15) is 0 Å². The van der Waals surface area contributed by atoms with Crippen LogP contribution in [0.5, 0.6) is 0 Å². The van der Waals surface area contributed by atoms with Crippen molar-refractivity contribution in [1.29, 1.82) is 0 Å². The summed E-state index contributed by atoms with van der Waals surface area (Å²) in [5.74, 6) is -0.701. The molecule has 1 aromatic heterocycles. The summed E-state index contributed by atoms with van der Waals surface area (Å²) in [5.41, 5.74) is 6.96. The number of aliphatic carboxylic acids is 1. The highest BCUT2D eigenvalue weighted by Gasteiger charge is 2.11. The summed E-state index contributed by atoms with van der Waals surface area (Å²) in [7, 11) is 0. The van der Waals surface area contributed by atoms with Crippen LogP contribution in [0.25, 0.3) is 11.3 Å². The van der Waals surface area contributed by atoms with Gasteiger partial charge in [0.2, 0.25) is 0 Å². The summed E-state index contributed by atoms with van der Waals surface area (Å²) in [5, 5.41) is 13.3. The Bertz CT molecular complexity index is 566. The molecule has 6 heteroatoms. The van der Waals surface area contributed by atoms with Crippen LogP contribution in [-0.2, 0) is 11.3 Å². The first kappa shape index (κ1) is 11.5. The first-order valence-corrected chi connectivity index (χ1v) is 5.26. The summed E-state index contributed by atoms with van der Waals surface area (Å²) >= 11 is 6.02. The number of nitrogens with zero attached hydrogens (tertiary/aromatic N) is 2. The van der Waals surface area contributed by atoms with Crippen LogP contribution in [0, 0.1) is 0 Å². The highest BCUT2D eigenvalue weighted by Crippen LogP contribution is 2.27. The largest absolute Gasteiger partial charge is 0.480 e. The molecule has 0 amide bonds. The molecule has 0 aliphatic carbocycles. The van der Waals surface area contributed by atoms with Gasteiger partial charge < -0.3 is 10.8 Å². The molecule has 2 aromatic rings. The Kier molecular flexibility index (Phi) is 3.01. The lowest BCUT2D eigenvalue weighted by Crippen LogP contribution is -2.12. The number of carboxylic acids is 1. The number of aromatic nitrogens is 2. The van der Waals surface area contributed by atoms with Crippen molar-refractivity contribution in [3.63, 3.8) is 0 Å². The minimum Gasteiger partial charge on any atom is -0.480 e. The van der Waals surface area contributed by atoms with Gasteiger partial charge in [-0.3, -0.25) is 4.79 Å². The van der Waals surface area contributed by atoms with E-state index < -0.39 is 5.97 Å². The average Bonchev–Trinajstić information content (AvgIpc) is 2.60. The predicted molar refractivity (Wildman–Crippen MR) is 64.7 cm³/mol. The molecule has 1 aromatic carbocycles. The monoisotopic (exact) mass is 251 g/mol. The maximum absolute atomic E-state index is 10.6. The zero-order valence-electron chi connectivity index (χ0n) is 8.80. The van der Waals surface area contributed by atoms with E-state index in [-0.39, 0.29) is 6.54 Å². The van der Waals surface area contributed by atoms with Crippen molar-refractivity contribution in [3.05, 3.63) is 35.4 Å². The first-order valence-electron chi connectivity index (χ1n) is 4.88. The molecule has 0 bridgehead atoms. The van der Waals surface area contributed by atoms with Crippen LogP contribution in [0.15, 0.2) is 30.3 Å². The fourth-order valence-electron chi connectivity index (χ4n) is 1.49. The molecular formula is C11H10ClN3O2. The Balaban J connectivity index is 2.41. The lowest BCUT2D eigenvalue weighted by atomic mass is 10.1. The molecular weight excluding hydrogens is 242 g/mol. The first-order chi connectivity index (χ1) is 8.08. The number of carboxylic acid groups (broad SMARTS) is 1. The number of nitrogens with two attached hydrogens (primary N) is 1. The van der Waals surface area contributed by atoms with E-state index in [0.29, 0.717) is 16.5 Å². The number of carbonyl (C=O) groups is 1. The molecule has 2 rings (SSSR count). The number of hydrogen-bond donors (Lipinski definition) is 2. The molecule has 0 fully saturated rings.